The van der Waals surface area contributed by atoms with E-state index in [1.54, 1.807) is 32.0 Å². The Balaban J connectivity index is 1.95. The zero-order valence-electron chi connectivity index (χ0n) is 19.2. The second-order valence-corrected chi connectivity index (χ2v) is 10.8. The first-order chi connectivity index (χ1) is 15.0. The Hall–Kier alpha value is -2.25. The summed E-state index contributed by atoms with van der Waals surface area (Å²) in [5.41, 5.74) is 1.63. The van der Waals surface area contributed by atoms with Crippen LogP contribution in [0.5, 0.6) is 5.75 Å². The van der Waals surface area contributed by atoms with Gasteiger partial charge in [-0.05, 0) is 50.5 Å². The molecule has 1 heterocycles. The van der Waals surface area contributed by atoms with Crippen LogP contribution < -0.4 is 14.4 Å². The maximum absolute atomic E-state index is 13.4. The molecule has 174 valence electrons. The van der Waals surface area contributed by atoms with Crippen molar-refractivity contribution in [2.45, 2.75) is 64.6 Å². The first-order valence-electron chi connectivity index (χ1n) is 10.8. The average molecular weight is 479 g/mol. The minimum atomic E-state index is -3.75. The number of para-hydroxylation sites is 1. The number of sulfonamides is 1. The maximum atomic E-state index is 13.4. The van der Waals surface area contributed by atoms with E-state index in [1.165, 1.54) is 0 Å². The monoisotopic (exact) mass is 478 g/mol. The van der Waals surface area contributed by atoms with E-state index in [4.69, 9.17) is 16.3 Å². The van der Waals surface area contributed by atoms with E-state index in [0.717, 1.165) is 34.7 Å². The standard InChI is InChI=1S/C24H31ClN2O4S/c1-6-24(7-2)15-20(19-10-8-9-11-22(19)31-24)26-23(28)17(4)27(32(5,29)30)21-14-18(25)13-12-16(21)3/h8-14,17,20H,6-7,15H2,1-5H3,(H,26,28)/t17-,20+/m0/s1. The van der Waals surface area contributed by atoms with Crippen molar-refractivity contribution in [3.05, 3.63) is 58.6 Å². The number of benzene rings is 2. The number of carbonyl (C=O) groups is 1. The number of hydrogen-bond acceptors (Lipinski definition) is 4. The maximum Gasteiger partial charge on any atom is 0.244 e. The average Bonchev–Trinajstić information content (AvgIpc) is 2.75. The van der Waals surface area contributed by atoms with Gasteiger partial charge in [-0.15, -0.1) is 0 Å². The summed E-state index contributed by atoms with van der Waals surface area (Å²) in [6, 6.07) is 11.4. The molecule has 0 radical (unpaired) electrons. The molecular formula is C24H31ClN2O4S. The lowest BCUT2D eigenvalue weighted by Crippen LogP contribution is -2.51. The molecule has 0 saturated heterocycles. The second kappa shape index (κ2) is 9.32. The molecule has 2 aromatic carbocycles. The predicted octanol–water partition coefficient (Wildman–Crippen LogP) is 5.00. The second-order valence-electron chi connectivity index (χ2n) is 8.46. The summed E-state index contributed by atoms with van der Waals surface area (Å²) < 4.78 is 32.9. The molecule has 0 bridgehead atoms. The van der Waals surface area contributed by atoms with Crippen LogP contribution >= 0.6 is 11.6 Å². The number of nitrogens with one attached hydrogen (secondary N) is 1. The van der Waals surface area contributed by atoms with Gasteiger partial charge in [-0.2, -0.15) is 0 Å². The SMILES string of the molecule is CCC1(CC)C[C@@H](NC(=O)[C@H](C)N(c2cc(Cl)ccc2C)S(C)(=O)=O)c2ccccc2O1. The van der Waals surface area contributed by atoms with Crippen LogP contribution in [0.1, 0.15) is 57.2 Å². The van der Waals surface area contributed by atoms with Gasteiger partial charge in [0.25, 0.3) is 0 Å². The van der Waals surface area contributed by atoms with Crippen molar-refractivity contribution in [2.75, 3.05) is 10.6 Å². The number of hydrogen-bond donors (Lipinski definition) is 1. The molecule has 6 nitrogen and oxygen atoms in total. The van der Waals surface area contributed by atoms with Crippen LogP contribution in [0.4, 0.5) is 5.69 Å². The van der Waals surface area contributed by atoms with Crippen molar-refractivity contribution >= 4 is 33.2 Å². The third-order valence-corrected chi connectivity index (χ3v) is 7.76. The third kappa shape index (κ3) is 4.89. The fourth-order valence-corrected chi connectivity index (χ4v) is 5.71. The number of nitrogens with zero attached hydrogens (tertiary/aromatic N) is 1. The highest BCUT2D eigenvalue weighted by Gasteiger charge is 2.40. The van der Waals surface area contributed by atoms with Crippen LogP contribution in [0, 0.1) is 6.92 Å². The van der Waals surface area contributed by atoms with Crippen molar-refractivity contribution in [1.82, 2.24) is 5.32 Å². The van der Waals surface area contributed by atoms with Crippen LogP contribution in [-0.4, -0.2) is 32.2 Å². The van der Waals surface area contributed by atoms with Crippen molar-refractivity contribution in [3.63, 3.8) is 0 Å². The van der Waals surface area contributed by atoms with E-state index < -0.39 is 16.1 Å². The van der Waals surface area contributed by atoms with E-state index >= 15 is 0 Å². The molecule has 1 aliphatic rings. The predicted molar refractivity (Wildman–Crippen MR) is 129 cm³/mol. The molecule has 1 aliphatic heterocycles. The van der Waals surface area contributed by atoms with Crippen molar-refractivity contribution in [3.8, 4) is 5.75 Å². The molecule has 0 spiro atoms. The lowest BCUT2D eigenvalue weighted by Gasteiger charge is -2.42. The van der Waals surface area contributed by atoms with E-state index in [2.05, 4.69) is 19.2 Å². The molecule has 0 unspecified atom stereocenters. The van der Waals surface area contributed by atoms with E-state index in [-0.39, 0.29) is 17.6 Å². The molecule has 1 N–H and O–H groups in total. The Kier molecular flexibility index (Phi) is 7.10. The summed E-state index contributed by atoms with van der Waals surface area (Å²) >= 11 is 6.13. The number of halogens is 1. The van der Waals surface area contributed by atoms with E-state index in [0.29, 0.717) is 22.7 Å². The number of anilines is 1. The van der Waals surface area contributed by atoms with Crippen LogP contribution in [0.2, 0.25) is 5.02 Å². The lowest BCUT2D eigenvalue weighted by atomic mass is 9.83. The quantitative estimate of drug-likeness (QED) is 0.607. The Bertz CT molecular complexity index is 1100. The van der Waals surface area contributed by atoms with Crippen LogP contribution in [0.15, 0.2) is 42.5 Å². The fraction of sp³-hybridized carbons (Fsp3) is 0.458. The summed E-state index contributed by atoms with van der Waals surface area (Å²) in [4.78, 5) is 13.4. The molecule has 0 aromatic heterocycles. The van der Waals surface area contributed by atoms with Gasteiger partial charge in [0, 0.05) is 17.0 Å². The van der Waals surface area contributed by atoms with Crippen molar-refractivity contribution in [2.24, 2.45) is 0 Å². The smallest absolute Gasteiger partial charge is 0.244 e. The highest BCUT2D eigenvalue weighted by atomic mass is 35.5. The van der Waals surface area contributed by atoms with Crippen LogP contribution in [-0.2, 0) is 14.8 Å². The Morgan fingerprint density at radius 3 is 2.53 bits per heavy atom. The van der Waals surface area contributed by atoms with Gasteiger partial charge in [0.2, 0.25) is 15.9 Å². The number of fused-ring (bicyclic) bond motifs is 1. The largest absolute Gasteiger partial charge is 0.487 e. The number of amides is 1. The van der Waals surface area contributed by atoms with Gasteiger partial charge in [-0.3, -0.25) is 9.10 Å². The highest BCUT2D eigenvalue weighted by Crippen LogP contribution is 2.42. The molecule has 2 aromatic rings. The van der Waals surface area contributed by atoms with Crippen molar-refractivity contribution < 1.29 is 17.9 Å². The molecule has 2 atom stereocenters. The Morgan fingerprint density at radius 1 is 1.25 bits per heavy atom. The molecule has 32 heavy (non-hydrogen) atoms. The molecule has 0 saturated carbocycles. The van der Waals surface area contributed by atoms with Gasteiger partial charge >= 0.3 is 0 Å². The number of aryl methyl sites for hydroxylation is 1. The van der Waals surface area contributed by atoms with Crippen LogP contribution in [0.3, 0.4) is 0 Å². The summed E-state index contributed by atoms with van der Waals surface area (Å²) in [5.74, 6) is 0.378. The minimum Gasteiger partial charge on any atom is -0.487 e. The van der Waals surface area contributed by atoms with Gasteiger partial charge < -0.3 is 10.1 Å². The molecule has 3 rings (SSSR count). The third-order valence-electron chi connectivity index (χ3n) is 6.30. The molecule has 1 amide bonds. The van der Waals surface area contributed by atoms with Gasteiger partial charge in [-0.1, -0.05) is 49.7 Å². The normalized spacial score (nSPS) is 18.2. The van der Waals surface area contributed by atoms with Gasteiger partial charge in [0.1, 0.15) is 17.4 Å². The fourth-order valence-electron chi connectivity index (χ4n) is 4.32. The Morgan fingerprint density at radius 2 is 1.91 bits per heavy atom. The first-order valence-corrected chi connectivity index (χ1v) is 13.1. The van der Waals surface area contributed by atoms with Crippen molar-refractivity contribution in [1.29, 1.82) is 0 Å². The summed E-state index contributed by atoms with van der Waals surface area (Å²) in [7, 11) is -3.75. The van der Waals surface area contributed by atoms with Gasteiger partial charge in [0.05, 0.1) is 18.0 Å². The van der Waals surface area contributed by atoms with Gasteiger partial charge in [-0.25, -0.2) is 8.42 Å². The molecule has 8 heteroatoms. The molecule has 0 aliphatic carbocycles. The van der Waals surface area contributed by atoms with E-state index in [9.17, 15) is 13.2 Å². The van der Waals surface area contributed by atoms with Gasteiger partial charge in [0.15, 0.2) is 0 Å². The minimum absolute atomic E-state index is 0.281. The zero-order chi connectivity index (χ0) is 23.7. The zero-order valence-corrected chi connectivity index (χ0v) is 20.8. The first kappa shape index (κ1) is 24.4. The lowest BCUT2D eigenvalue weighted by molar-refractivity contribution is -0.123. The number of rotatable bonds is 7. The van der Waals surface area contributed by atoms with E-state index in [1.807, 2.05) is 24.3 Å². The molecular weight excluding hydrogens is 448 g/mol. The summed E-state index contributed by atoms with van der Waals surface area (Å²) in [6.45, 7) is 7.54. The van der Waals surface area contributed by atoms with Crippen LogP contribution in [0.25, 0.3) is 0 Å². The number of carbonyl (C=O) groups excluding carboxylic acids is 1. The summed E-state index contributed by atoms with van der Waals surface area (Å²) in [5, 5.41) is 3.50. The Labute approximate surface area is 196 Å². The highest BCUT2D eigenvalue weighted by molar-refractivity contribution is 7.92. The topological polar surface area (TPSA) is 75.7 Å². The summed E-state index contributed by atoms with van der Waals surface area (Å²) in [6.07, 6.45) is 3.32. The number of ether oxygens (including phenoxy) is 1. The molecule has 0 fully saturated rings.